The van der Waals surface area contributed by atoms with Crippen LogP contribution in [0.15, 0.2) is 0 Å². The van der Waals surface area contributed by atoms with Crippen molar-refractivity contribution < 1.29 is 23.9 Å². The van der Waals surface area contributed by atoms with Crippen molar-refractivity contribution in [1.29, 1.82) is 0 Å². The van der Waals surface area contributed by atoms with E-state index in [2.05, 4.69) is 5.32 Å². The summed E-state index contributed by atoms with van der Waals surface area (Å²) in [5, 5.41) is 3.23. The molecule has 170 valence electrons. The van der Waals surface area contributed by atoms with Crippen LogP contribution in [0.25, 0.3) is 0 Å². The summed E-state index contributed by atoms with van der Waals surface area (Å²) < 4.78 is 10.5. The number of hydrogen-bond donors (Lipinski definition) is 1. The van der Waals surface area contributed by atoms with E-state index in [1.807, 2.05) is 13.8 Å². The van der Waals surface area contributed by atoms with E-state index in [4.69, 9.17) is 9.47 Å². The van der Waals surface area contributed by atoms with Crippen LogP contribution in [0, 0.1) is 30.1 Å². The Morgan fingerprint density at radius 2 is 1.65 bits per heavy atom. The molecule has 1 aromatic rings. The van der Waals surface area contributed by atoms with Gasteiger partial charge in [0.2, 0.25) is 0 Å². The molecular formula is C24H33NO5S. The highest BCUT2D eigenvalue weighted by Crippen LogP contribution is 2.61. The van der Waals surface area contributed by atoms with Gasteiger partial charge in [0.05, 0.1) is 18.6 Å². The number of anilines is 1. The second-order valence-corrected chi connectivity index (χ2v) is 10.9. The summed E-state index contributed by atoms with van der Waals surface area (Å²) in [6.07, 6.45) is 8.51. The van der Waals surface area contributed by atoms with Crippen LogP contribution in [0.2, 0.25) is 0 Å². The lowest BCUT2D eigenvalue weighted by Gasteiger charge is -2.56. The molecule has 1 aromatic heterocycles. The lowest BCUT2D eigenvalue weighted by atomic mass is 9.49. The molecule has 4 saturated carbocycles. The predicted molar refractivity (Wildman–Crippen MR) is 119 cm³/mol. The first-order valence-corrected chi connectivity index (χ1v) is 12.4. The number of carbonyl (C=O) groups is 3. The van der Waals surface area contributed by atoms with Crippen LogP contribution in [-0.2, 0) is 25.5 Å². The summed E-state index contributed by atoms with van der Waals surface area (Å²) in [5.74, 6) is 1.20. The van der Waals surface area contributed by atoms with E-state index < -0.39 is 11.9 Å². The van der Waals surface area contributed by atoms with Crippen molar-refractivity contribution in [3.63, 3.8) is 0 Å². The molecule has 4 aliphatic rings. The van der Waals surface area contributed by atoms with Gasteiger partial charge in [0.25, 0.3) is 5.91 Å². The van der Waals surface area contributed by atoms with Gasteiger partial charge in [0, 0.05) is 4.88 Å². The maximum Gasteiger partial charge on any atom is 0.341 e. The summed E-state index contributed by atoms with van der Waals surface area (Å²) >= 11 is 1.35. The van der Waals surface area contributed by atoms with Crippen LogP contribution in [-0.4, -0.2) is 31.1 Å². The van der Waals surface area contributed by atoms with Crippen LogP contribution in [0.5, 0.6) is 0 Å². The number of amides is 1. The number of rotatable bonds is 8. The number of nitrogens with one attached hydrogen (secondary N) is 1. The Hall–Kier alpha value is -1.89. The molecule has 4 bridgehead atoms. The van der Waals surface area contributed by atoms with E-state index in [0.29, 0.717) is 23.4 Å². The van der Waals surface area contributed by atoms with Gasteiger partial charge in [-0.1, -0.05) is 6.92 Å². The molecule has 0 radical (unpaired) electrons. The van der Waals surface area contributed by atoms with E-state index >= 15 is 0 Å². The molecule has 7 heteroatoms. The maximum atomic E-state index is 12.6. The highest BCUT2D eigenvalue weighted by atomic mass is 32.1. The van der Waals surface area contributed by atoms with Gasteiger partial charge in [-0.25, -0.2) is 4.79 Å². The Balaban J connectivity index is 1.33. The molecule has 1 amide bonds. The molecule has 0 aromatic carbocycles. The number of carbonyl (C=O) groups excluding carboxylic acids is 3. The highest BCUT2D eigenvalue weighted by molar-refractivity contribution is 7.16. The molecule has 1 N–H and O–H groups in total. The fourth-order valence-electron chi connectivity index (χ4n) is 6.68. The van der Waals surface area contributed by atoms with Crippen molar-refractivity contribution in [2.24, 2.45) is 23.2 Å². The first-order chi connectivity index (χ1) is 14.8. The van der Waals surface area contributed by atoms with Crippen LogP contribution in [0.1, 0.15) is 79.6 Å². The first-order valence-electron chi connectivity index (χ1n) is 11.6. The van der Waals surface area contributed by atoms with E-state index in [0.717, 1.165) is 47.5 Å². The average Bonchev–Trinajstić information content (AvgIpc) is 3.00. The summed E-state index contributed by atoms with van der Waals surface area (Å²) in [6, 6.07) is 0. The van der Waals surface area contributed by atoms with Crippen molar-refractivity contribution in [3.8, 4) is 0 Å². The number of ether oxygens (including phenoxy) is 2. The molecule has 6 nitrogen and oxygen atoms in total. The number of hydrogen-bond acceptors (Lipinski definition) is 6. The normalized spacial score (nSPS) is 28.4. The molecule has 0 saturated heterocycles. The van der Waals surface area contributed by atoms with Gasteiger partial charge in [-0.05, 0) is 87.5 Å². The van der Waals surface area contributed by atoms with Crippen molar-refractivity contribution in [2.45, 2.75) is 72.1 Å². The monoisotopic (exact) mass is 447 g/mol. The van der Waals surface area contributed by atoms with Gasteiger partial charge >= 0.3 is 11.9 Å². The maximum absolute atomic E-state index is 12.6. The van der Waals surface area contributed by atoms with Gasteiger partial charge in [-0.15, -0.1) is 11.3 Å². The van der Waals surface area contributed by atoms with Crippen molar-refractivity contribution in [1.82, 2.24) is 0 Å². The molecule has 31 heavy (non-hydrogen) atoms. The smallest absolute Gasteiger partial charge is 0.341 e. The van der Waals surface area contributed by atoms with Crippen molar-refractivity contribution >= 4 is 34.2 Å². The fourth-order valence-corrected chi connectivity index (χ4v) is 7.83. The van der Waals surface area contributed by atoms with Crippen LogP contribution < -0.4 is 5.32 Å². The summed E-state index contributed by atoms with van der Waals surface area (Å²) in [6.45, 7) is 5.59. The lowest BCUT2D eigenvalue weighted by molar-refractivity contribution is -0.154. The SMILES string of the molecule is CCOC(=O)c1c(NC(=O)COC(=O)CC23CC4CC(CC(C4)C2)C3)sc(C)c1CC. The Labute approximate surface area is 188 Å². The molecular weight excluding hydrogens is 414 g/mol. The minimum Gasteiger partial charge on any atom is -0.462 e. The minimum absolute atomic E-state index is 0.0975. The van der Waals surface area contributed by atoms with E-state index in [1.54, 1.807) is 6.92 Å². The molecule has 0 spiro atoms. The van der Waals surface area contributed by atoms with Crippen LogP contribution in [0.3, 0.4) is 0 Å². The summed E-state index contributed by atoms with van der Waals surface area (Å²) in [4.78, 5) is 38.4. The zero-order valence-electron chi connectivity index (χ0n) is 18.8. The topological polar surface area (TPSA) is 81.7 Å². The summed E-state index contributed by atoms with van der Waals surface area (Å²) in [7, 11) is 0. The molecule has 5 rings (SSSR count). The first kappa shape index (κ1) is 22.3. The van der Waals surface area contributed by atoms with Crippen molar-refractivity contribution in [3.05, 3.63) is 16.0 Å². The van der Waals surface area contributed by atoms with Gasteiger partial charge in [-0.3, -0.25) is 9.59 Å². The second-order valence-electron chi connectivity index (χ2n) is 9.72. The molecule has 4 aliphatic carbocycles. The van der Waals surface area contributed by atoms with Gasteiger partial charge in [0.1, 0.15) is 5.00 Å². The lowest BCUT2D eigenvalue weighted by Crippen LogP contribution is -2.47. The Morgan fingerprint density at radius 1 is 1.03 bits per heavy atom. The zero-order chi connectivity index (χ0) is 22.2. The third kappa shape index (κ3) is 4.66. The second kappa shape index (κ2) is 8.93. The predicted octanol–water partition coefficient (Wildman–Crippen LogP) is 4.88. The minimum atomic E-state index is -0.433. The Bertz CT molecular complexity index is 838. The number of thiophene rings is 1. The number of aryl methyl sites for hydroxylation is 1. The van der Waals surface area contributed by atoms with Crippen LogP contribution >= 0.6 is 11.3 Å². The van der Waals surface area contributed by atoms with E-state index in [1.165, 1.54) is 30.6 Å². The van der Waals surface area contributed by atoms with Crippen molar-refractivity contribution in [2.75, 3.05) is 18.5 Å². The van der Waals surface area contributed by atoms with E-state index in [-0.39, 0.29) is 24.6 Å². The number of esters is 2. The van der Waals surface area contributed by atoms with Gasteiger partial charge in [0.15, 0.2) is 6.61 Å². The third-order valence-corrected chi connectivity index (χ3v) is 8.41. The molecule has 0 unspecified atom stereocenters. The molecule has 1 heterocycles. The zero-order valence-corrected chi connectivity index (χ0v) is 19.6. The third-order valence-electron chi connectivity index (χ3n) is 7.34. The Morgan fingerprint density at radius 3 is 2.19 bits per heavy atom. The van der Waals surface area contributed by atoms with Gasteiger partial charge < -0.3 is 14.8 Å². The van der Waals surface area contributed by atoms with Crippen LogP contribution in [0.4, 0.5) is 5.00 Å². The standard InChI is InChI=1S/C24H33NO5S/c1-4-18-14(3)31-22(21(18)23(28)29-5-2)25-19(26)13-30-20(27)12-24-9-15-6-16(10-24)8-17(7-15)11-24/h15-17H,4-13H2,1-3H3,(H,25,26). The molecule has 0 atom stereocenters. The quantitative estimate of drug-likeness (QED) is 0.574. The largest absolute Gasteiger partial charge is 0.462 e. The summed E-state index contributed by atoms with van der Waals surface area (Å²) in [5.41, 5.74) is 1.40. The highest BCUT2D eigenvalue weighted by Gasteiger charge is 2.51. The van der Waals surface area contributed by atoms with E-state index in [9.17, 15) is 14.4 Å². The fraction of sp³-hybridized carbons (Fsp3) is 0.708. The Kier molecular flexibility index (Phi) is 6.42. The van der Waals surface area contributed by atoms with Gasteiger partial charge in [-0.2, -0.15) is 0 Å². The molecule has 4 fully saturated rings. The molecule has 0 aliphatic heterocycles. The average molecular weight is 448 g/mol.